The van der Waals surface area contributed by atoms with Crippen LogP contribution in [-0.2, 0) is 0 Å². The second-order valence-corrected chi connectivity index (χ2v) is 6.60. The molecule has 0 aliphatic carbocycles. The summed E-state index contributed by atoms with van der Waals surface area (Å²) in [6.45, 7) is 2.29. The third-order valence-electron chi connectivity index (χ3n) is 3.42. The Morgan fingerprint density at radius 3 is 2.55 bits per heavy atom. The molecule has 1 heterocycles. The summed E-state index contributed by atoms with van der Waals surface area (Å²) in [5, 5.41) is 4.36. The zero-order valence-electron chi connectivity index (χ0n) is 11.6. The number of benzene rings is 2. The molecule has 0 amide bonds. The lowest BCUT2D eigenvalue weighted by molar-refractivity contribution is 0.483. The summed E-state index contributed by atoms with van der Waals surface area (Å²) in [5.41, 5.74) is 1.08. The average molecular weight is 285 g/mol. The molecular weight excluding hydrogens is 266 g/mol. The molecule has 1 aliphatic rings. The van der Waals surface area contributed by atoms with Crippen LogP contribution in [0.3, 0.4) is 0 Å². The molecule has 2 aromatic rings. The Morgan fingerprint density at radius 1 is 1.05 bits per heavy atom. The van der Waals surface area contributed by atoms with Crippen LogP contribution >= 0.6 is 11.8 Å². The average Bonchev–Trinajstić information content (AvgIpc) is 2.88. The van der Waals surface area contributed by atoms with Gasteiger partial charge >= 0.3 is 0 Å². The van der Waals surface area contributed by atoms with Crippen molar-refractivity contribution in [1.82, 2.24) is 0 Å². The highest BCUT2D eigenvalue weighted by molar-refractivity contribution is 8.00. The molecule has 2 unspecified atom stereocenters. The minimum Gasteiger partial charge on any atom is -0.455 e. The number of hydrogen-bond donors (Lipinski definition) is 1. The molecule has 0 bridgehead atoms. The predicted octanol–water partition coefficient (Wildman–Crippen LogP) is 4.78. The highest BCUT2D eigenvalue weighted by Crippen LogP contribution is 2.33. The molecule has 2 aromatic carbocycles. The molecule has 20 heavy (non-hydrogen) atoms. The largest absolute Gasteiger partial charge is 0.455 e. The van der Waals surface area contributed by atoms with Crippen molar-refractivity contribution in [1.29, 1.82) is 0 Å². The van der Waals surface area contributed by atoms with E-state index < -0.39 is 0 Å². The van der Waals surface area contributed by atoms with E-state index in [1.165, 1.54) is 12.2 Å². The van der Waals surface area contributed by atoms with Crippen LogP contribution in [-0.4, -0.2) is 17.0 Å². The van der Waals surface area contributed by atoms with Gasteiger partial charge in [0, 0.05) is 17.0 Å². The zero-order chi connectivity index (χ0) is 13.8. The second-order valence-electron chi connectivity index (χ2n) is 5.13. The fraction of sp³-hybridized carbons (Fsp3) is 0.294. The van der Waals surface area contributed by atoms with E-state index in [2.05, 4.69) is 18.3 Å². The molecule has 2 atom stereocenters. The van der Waals surface area contributed by atoms with E-state index in [-0.39, 0.29) is 0 Å². The van der Waals surface area contributed by atoms with Gasteiger partial charge in [0.25, 0.3) is 0 Å². The Bertz CT molecular complexity index is 558. The van der Waals surface area contributed by atoms with Crippen molar-refractivity contribution in [2.45, 2.75) is 24.6 Å². The molecular formula is C17H19NOS. The van der Waals surface area contributed by atoms with Gasteiger partial charge in [-0.1, -0.05) is 37.3 Å². The number of para-hydroxylation sites is 3. The minimum absolute atomic E-state index is 0.538. The first-order valence-electron chi connectivity index (χ1n) is 7.01. The summed E-state index contributed by atoms with van der Waals surface area (Å²) < 4.78 is 5.98. The number of hydrogen-bond acceptors (Lipinski definition) is 3. The summed E-state index contributed by atoms with van der Waals surface area (Å²) in [7, 11) is 0. The molecule has 0 spiro atoms. The SMILES string of the molecule is CC1CC(Nc2ccccc2Oc2ccccc2)CS1. The lowest BCUT2D eigenvalue weighted by Crippen LogP contribution is -2.19. The lowest BCUT2D eigenvalue weighted by Gasteiger charge is -2.17. The maximum atomic E-state index is 5.98. The van der Waals surface area contributed by atoms with Crippen molar-refractivity contribution in [3.05, 3.63) is 54.6 Å². The van der Waals surface area contributed by atoms with E-state index in [0.717, 1.165) is 22.4 Å². The molecule has 3 rings (SSSR count). The van der Waals surface area contributed by atoms with Gasteiger partial charge in [0.1, 0.15) is 5.75 Å². The highest BCUT2D eigenvalue weighted by Gasteiger charge is 2.22. The minimum atomic E-state index is 0.538. The third kappa shape index (κ3) is 3.28. The van der Waals surface area contributed by atoms with Crippen LogP contribution in [0.5, 0.6) is 11.5 Å². The van der Waals surface area contributed by atoms with Crippen LogP contribution in [0.4, 0.5) is 5.69 Å². The van der Waals surface area contributed by atoms with Crippen molar-refractivity contribution in [3.63, 3.8) is 0 Å². The summed E-state index contributed by atoms with van der Waals surface area (Å²) in [6, 6.07) is 18.6. The van der Waals surface area contributed by atoms with Gasteiger partial charge in [-0.05, 0) is 30.7 Å². The van der Waals surface area contributed by atoms with Crippen molar-refractivity contribution < 1.29 is 4.74 Å². The third-order valence-corrected chi connectivity index (χ3v) is 4.77. The molecule has 1 aliphatic heterocycles. The Hall–Kier alpha value is -1.61. The van der Waals surface area contributed by atoms with Gasteiger partial charge in [-0.2, -0.15) is 11.8 Å². The number of anilines is 1. The van der Waals surface area contributed by atoms with E-state index >= 15 is 0 Å². The highest BCUT2D eigenvalue weighted by atomic mass is 32.2. The Morgan fingerprint density at radius 2 is 1.80 bits per heavy atom. The smallest absolute Gasteiger partial charge is 0.150 e. The molecule has 1 fully saturated rings. The van der Waals surface area contributed by atoms with Gasteiger partial charge in [0.15, 0.2) is 5.75 Å². The number of rotatable bonds is 4. The zero-order valence-corrected chi connectivity index (χ0v) is 12.4. The fourth-order valence-corrected chi connectivity index (χ4v) is 3.58. The van der Waals surface area contributed by atoms with Crippen LogP contribution < -0.4 is 10.1 Å². The fourth-order valence-electron chi connectivity index (χ4n) is 2.43. The first-order chi connectivity index (χ1) is 9.81. The van der Waals surface area contributed by atoms with E-state index in [1.54, 1.807) is 0 Å². The van der Waals surface area contributed by atoms with Crippen LogP contribution in [0.1, 0.15) is 13.3 Å². The van der Waals surface area contributed by atoms with E-state index in [4.69, 9.17) is 4.74 Å². The van der Waals surface area contributed by atoms with Gasteiger partial charge < -0.3 is 10.1 Å². The topological polar surface area (TPSA) is 21.3 Å². The Labute approximate surface area is 124 Å². The quantitative estimate of drug-likeness (QED) is 0.873. The van der Waals surface area contributed by atoms with Crippen molar-refractivity contribution in [2.24, 2.45) is 0 Å². The number of ether oxygens (including phenoxy) is 1. The summed E-state index contributed by atoms with van der Waals surface area (Å²) in [6.07, 6.45) is 1.21. The second kappa shape index (κ2) is 6.23. The standard InChI is InChI=1S/C17H19NOS/c1-13-11-14(12-20-13)18-16-9-5-6-10-17(16)19-15-7-3-2-4-8-15/h2-10,13-14,18H,11-12H2,1H3. The summed E-state index contributed by atoms with van der Waals surface area (Å²) >= 11 is 2.03. The number of nitrogens with one attached hydrogen (secondary N) is 1. The molecule has 1 N–H and O–H groups in total. The van der Waals surface area contributed by atoms with E-state index in [0.29, 0.717) is 6.04 Å². The van der Waals surface area contributed by atoms with Crippen LogP contribution in [0.2, 0.25) is 0 Å². The maximum absolute atomic E-state index is 5.98. The molecule has 2 nitrogen and oxygen atoms in total. The monoisotopic (exact) mass is 285 g/mol. The molecule has 0 aromatic heterocycles. The molecule has 0 saturated carbocycles. The lowest BCUT2D eigenvalue weighted by atomic mass is 10.2. The van der Waals surface area contributed by atoms with Gasteiger partial charge in [-0.3, -0.25) is 0 Å². The maximum Gasteiger partial charge on any atom is 0.150 e. The molecule has 104 valence electrons. The van der Waals surface area contributed by atoms with E-state index in [1.807, 2.05) is 60.3 Å². The van der Waals surface area contributed by atoms with Crippen molar-refractivity contribution in [2.75, 3.05) is 11.1 Å². The van der Waals surface area contributed by atoms with Crippen molar-refractivity contribution >= 4 is 17.4 Å². The van der Waals surface area contributed by atoms with Crippen LogP contribution in [0, 0.1) is 0 Å². The normalized spacial score (nSPS) is 21.6. The molecule has 0 radical (unpaired) electrons. The Balaban J connectivity index is 1.74. The van der Waals surface area contributed by atoms with Crippen LogP contribution in [0.15, 0.2) is 54.6 Å². The number of thioether (sulfide) groups is 1. The van der Waals surface area contributed by atoms with Crippen molar-refractivity contribution in [3.8, 4) is 11.5 Å². The molecule has 3 heteroatoms. The van der Waals surface area contributed by atoms with Gasteiger partial charge in [0.2, 0.25) is 0 Å². The van der Waals surface area contributed by atoms with Gasteiger partial charge in [0.05, 0.1) is 5.69 Å². The first kappa shape index (κ1) is 13.4. The first-order valence-corrected chi connectivity index (χ1v) is 8.06. The van der Waals surface area contributed by atoms with Gasteiger partial charge in [-0.15, -0.1) is 0 Å². The van der Waals surface area contributed by atoms with Gasteiger partial charge in [-0.25, -0.2) is 0 Å². The summed E-state index contributed by atoms with van der Waals surface area (Å²) in [5.74, 6) is 2.93. The van der Waals surface area contributed by atoms with E-state index in [9.17, 15) is 0 Å². The Kier molecular flexibility index (Phi) is 4.16. The predicted molar refractivity (Wildman–Crippen MR) is 86.9 cm³/mol. The summed E-state index contributed by atoms with van der Waals surface area (Å²) in [4.78, 5) is 0. The molecule has 1 saturated heterocycles. The van der Waals surface area contributed by atoms with Crippen LogP contribution in [0.25, 0.3) is 0 Å².